The van der Waals surface area contributed by atoms with Gasteiger partial charge in [-0.15, -0.1) is 0 Å². The van der Waals surface area contributed by atoms with E-state index in [9.17, 15) is 0 Å². The third-order valence-corrected chi connectivity index (χ3v) is 9.94. The zero-order chi connectivity index (χ0) is 19.5. The van der Waals surface area contributed by atoms with Crippen LogP contribution in [0.15, 0.2) is 121 Å². The van der Waals surface area contributed by atoms with Gasteiger partial charge in [-0.05, 0) is 53.9 Å². The first kappa shape index (κ1) is 17.9. The lowest BCUT2D eigenvalue weighted by atomic mass is 10.2. The van der Waals surface area contributed by atoms with Gasteiger partial charge in [0, 0.05) is 5.52 Å². The molecule has 0 aliphatic heterocycles. The molecule has 2 heteroatoms. The number of fused-ring (bicyclic) bond motifs is 1. The van der Waals surface area contributed by atoms with E-state index in [2.05, 4.69) is 126 Å². The second-order valence-electron chi connectivity index (χ2n) is 7.36. The van der Waals surface area contributed by atoms with Crippen LogP contribution in [0.2, 0.25) is 0 Å². The smallest absolute Gasteiger partial charge is 0.118 e. The first-order valence-electron chi connectivity index (χ1n) is 9.98. The third-order valence-electron chi connectivity index (χ3n) is 5.58. The fourth-order valence-electron chi connectivity index (χ4n) is 4.24. The maximum atomic E-state index is 3.69. The van der Waals surface area contributed by atoms with Crippen molar-refractivity contribution < 1.29 is 0 Å². The minimum Gasteiger partial charge on any atom is -0.355 e. The Labute approximate surface area is 172 Å². The van der Waals surface area contributed by atoms with Gasteiger partial charge in [0.2, 0.25) is 0 Å². The summed E-state index contributed by atoms with van der Waals surface area (Å²) in [6, 6.07) is 44.0. The van der Waals surface area contributed by atoms with Crippen LogP contribution in [0.5, 0.6) is 0 Å². The van der Waals surface area contributed by atoms with E-state index in [4.69, 9.17) is 0 Å². The third kappa shape index (κ3) is 3.28. The Balaban J connectivity index is 1.77. The normalized spacial score (nSPS) is 11.6. The van der Waals surface area contributed by atoms with Crippen LogP contribution in [0.25, 0.3) is 10.9 Å². The van der Waals surface area contributed by atoms with Gasteiger partial charge < -0.3 is 4.98 Å². The highest BCUT2D eigenvalue weighted by Gasteiger charge is 2.45. The average molecular weight is 392 g/mol. The maximum Gasteiger partial charge on any atom is 0.118 e. The van der Waals surface area contributed by atoms with Crippen molar-refractivity contribution in [3.05, 3.63) is 127 Å². The van der Waals surface area contributed by atoms with Crippen LogP contribution in [0.4, 0.5) is 0 Å². The van der Waals surface area contributed by atoms with Crippen LogP contribution in [-0.4, -0.2) is 4.98 Å². The van der Waals surface area contributed by atoms with Crippen molar-refractivity contribution in [2.45, 2.75) is 6.16 Å². The molecule has 4 aromatic carbocycles. The van der Waals surface area contributed by atoms with Crippen LogP contribution in [0.1, 0.15) is 5.69 Å². The lowest BCUT2D eigenvalue weighted by molar-refractivity contribution is 1.25. The van der Waals surface area contributed by atoms with Gasteiger partial charge in [-0.3, -0.25) is 0 Å². The van der Waals surface area contributed by atoms with Crippen LogP contribution in [0, 0.1) is 0 Å². The van der Waals surface area contributed by atoms with Crippen molar-refractivity contribution in [1.29, 1.82) is 0 Å². The van der Waals surface area contributed by atoms with Crippen LogP contribution >= 0.6 is 7.26 Å². The molecule has 0 fully saturated rings. The standard InChI is InChI=1S/C27H23NP/c1-4-13-24(14-5-1)29(25-15-6-2-7-16-25,26-17-8-3-9-18-26)21-23-20-22-12-10-11-19-27(22)28-23/h1-20,28H,21H2/q+1. The summed E-state index contributed by atoms with van der Waals surface area (Å²) in [4.78, 5) is 3.69. The quantitative estimate of drug-likeness (QED) is 0.371. The maximum absolute atomic E-state index is 3.69. The van der Waals surface area contributed by atoms with E-state index in [-0.39, 0.29) is 0 Å². The van der Waals surface area contributed by atoms with Crippen molar-refractivity contribution >= 4 is 34.1 Å². The first-order valence-corrected chi connectivity index (χ1v) is 12.0. The monoisotopic (exact) mass is 392 g/mol. The SMILES string of the molecule is c1ccc([P+](Cc2cc3ccccc3[nH]2)(c2ccccc2)c2ccccc2)cc1. The summed E-state index contributed by atoms with van der Waals surface area (Å²) < 4.78 is 0. The molecule has 5 aromatic rings. The van der Waals surface area contributed by atoms with E-state index >= 15 is 0 Å². The lowest BCUT2D eigenvalue weighted by Crippen LogP contribution is -2.32. The minimum absolute atomic E-state index is 0.972. The molecular weight excluding hydrogens is 369 g/mol. The predicted octanol–water partition coefficient (Wildman–Crippen LogP) is 5.66. The van der Waals surface area contributed by atoms with Crippen molar-refractivity contribution in [3.63, 3.8) is 0 Å². The molecular formula is C27H23NP+. The van der Waals surface area contributed by atoms with Crippen LogP contribution in [0.3, 0.4) is 0 Å². The number of hydrogen-bond acceptors (Lipinski definition) is 0. The van der Waals surface area contributed by atoms with Crippen molar-refractivity contribution in [2.24, 2.45) is 0 Å². The van der Waals surface area contributed by atoms with E-state index in [1.54, 1.807) is 0 Å². The van der Waals surface area contributed by atoms with Gasteiger partial charge in [-0.25, -0.2) is 0 Å². The molecule has 29 heavy (non-hydrogen) atoms. The van der Waals surface area contributed by atoms with Gasteiger partial charge in [0.05, 0.1) is 5.69 Å². The molecule has 0 unspecified atom stereocenters. The van der Waals surface area contributed by atoms with Crippen LogP contribution in [-0.2, 0) is 6.16 Å². The molecule has 0 bridgehead atoms. The number of hydrogen-bond donors (Lipinski definition) is 1. The molecule has 0 radical (unpaired) electrons. The molecule has 1 N–H and O–H groups in total. The highest BCUT2D eigenvalue weighted by Crippen LogP contribution is 2.58. The largest absolute Gasteiger partial charge is 0.355 e. The Bertz CT molecular complexity index is 1080. The zero-order valence-corrected chi connectivity index (χ0v) is 17.1. The summed E-state index contributed by atoms with van der Waals surface area (Å²) in [5.41, 5.74) is 2.49. The molecule has 0 atom stereocenters. The summed E-state index contributed by atoms with van der Waals surface area (Å²) in [7, 11) is -1.86. The first-order chi connectivity index (χ1) is 14.4. The van der Waals surface area contributed by atoms with Gasteiger partial charge in [0.25, 0.3) is 0 Å². The fraction of sp³-hybridized carbons (Fsp3) is 0.0370. The van der Waals surface area contributed by atoms with E-state index in [1.807, 2.05) is 0 Å². The number of benzene rings is 4. The van der Waals surface area contributed by atoms with Gasteiger partial charge in [0.1, 0.15) is 29.3 Å². The molecule has 5 rings (SSSR count). The van der Waals surface area contributed by atoms with E-state index in [0.29, 0.717) is 0 Å². The second kappa shape index (κ2) is 7.70. The number of H-pyrrole nitrogens is 1. The van der Waals surface area contributed by atoms with Crippen LogP contribution < -0.4 is 15.9 Å². The molecule has 1 aromatic heterocycles. The number of aromatic nitrogens is 1. The van der Waals surface area contributed by atoms with Crippen molar-refractivity contribution in [3.8, 4) is 0 Å². The van der Waals surface area contributed by atoms with Gasteiger partial charge >= 0.3 is 0 Å². The Morgan fingerprint density at radius 3 is 1.45 bits per heavy atom. The highest BCUT2D eigenvalue weighted by molar-refractivity contribution is 7.95. The van der Waals surface area contributed by atoms with Gasteiger partial charge in [-0.1, -0.05) is 72.8 Å². The fourth-order valence-corrected chi connectivity index (χ4v) is 8.41. The number of nitrogens with one attached hydrogen (secondary N) is 1. The summed E-state index contributed by atoms with van der Waals surface area (Å²) in [6.45, 7) is 0. The summed E-state index contributed by atoms with van der Waals surface area (Å²) in [6.07, 6.45) is 0.972. The second-order valence-corrected chi connectivity index (χ2v) is 10.8. The summed E-state index contributed by atoms with van der Waals surface area (Å²) in [5.74, 6) is 0. The number of aromatic amines is 1. The topological polar surface area (TPSA) is 15.8 Å². The minimum atomic E-state index is -1.86. The molecule has 1 nitrogen and oxygen atoms in total. The van der Waals surface area contributed by atoms with Crippen molar-refractivity contribution in [2.75, 3.05) is 0 Å². The number of rotatable bonds is 5. The lowest BCUT2D eigenvalue weighted by Gasteiger charge is -2.27. The molecule has 0 saturated heterocycles. The summed E-state index contributed by atoms with van der Waals surface area (Å²) >= 11 is 0. The molecule has 1 heterocycles. The average Bonchev–Trinajstić information content (AvgIpc) is 3.22. The van der Waals surface area contributed by atoms with E-state index in [1.165, 1.54) is 32.5 Å². The Morgan fingerprint density at radius 2 is 0.966 bits per heavy atom. The molecule has 0 spiro atoms. The number of para-hydroxylation sites is 1. The van der Waals surface area contributed by atoms with Gasteiger partial charge in [-0.2, -0.15) is 0 Å². The molecule has 0 amide bonds. The van der Waals surface area contributed by atoms with Crippen molar-refractivity contribution in [1.82, 2.24) is 4.98 Å². The molecule has 0 saturated carbocycles. The summed E-state index contributed by atoms with van der Waals surface area (Å²) in [5, 5.41) is 5.51. The predicted molar refractivity (Wildman–Crippen MR) is 127 cm³/mol. The van der Waals surface area contributed by atoms with Gasteiger partial charge in [0.15, 0.2) is 0 Å². The molecule has 140 valence electrons. The zero-order valence-electron chi connectivity index (χ0n) is 16.2. The van der Waals surface area contributed by atoms with E-state index < -0.39 is 7.26 Å². The molecule has 0 aliphatic carbocycles. The van der Waals surface area contributed by atoms with E-state index in [0.717, 1.165) is 6.16 Å². The highest BCUT2D eigenvalue weighted by atomic mass is 31.2. The Hall–Kier alpha value is -3.15. The Morgan fingerprint density at radius 1 is 0.517 bits per heavy atom. The Kier molecular flexibility index (Phi) is 4.76. The molecule has 0 aliphatic rings.